The summed E-state index contributed by atoms with van der Waals surface area (Å²) >= 11 is 0. The molecule has 2 rings (SSSR count). The Kier molecular flexibility index (Phi) is 7.33. The number of nitrogens with one attached hydrogen (secondary N) is 1. The normalized spacial score (nSPS) is 16.9. The molecule has 1 atom stereocenters. The number of benzene rings is 1. The summed E-state index contributed by atoms with van der Waals surface area (Å²) in [7, 11) is 0. The molecule has 1 aliphatic heterocycles. The van der Waals surface area contributed by atoms with E-state index in [1.807, 2.05) is 20.8 Å². The van der Waals surface area contributed by atoms with E-state index in [1.165, 1.54) is 13.0 Å². The number of carbonyl (C=O) groups is 2. The van der Waals surface area contributed by atoms with Crippen molar-refractivity contribution >= 4 is 11.9 Å². The maximum Gasteiger partial charge on any atom is 0.410 e. The first-order valence-corrected chi connectivity index (χ1v) is 9.36. The van der Waals surface area contributed by atoms with Crippen LogP contribution in [-0.2, 0) is 9.53 Å². The van der Waals surface area contributed by atoms with Crippen LogP contribution in [0.3, 0.4) is 0 Å². The third-order valence-electron chi connectivity index (χ3n) is 4.42. The van der Waals surface area contributed by atoms with E-state index in [9.17, 15) is 14.0 Å². The van der Waals surface area contributed by atoms with Crippen LogP contribution in [0.4, 0.5) is 9.18 Å². The van der Waals surface area contributed by atoms with Gasteiger partial charge >= 0.3 is 6.09 Å². The van der Waals surface area contributed by atoms with Gasteiger partial charge in [-0.25, -0.2) is 9.18 Å². The van der Waals surface area contributed by atoms with Gasteiger partial charge in [0, 0.05) is 44.8 Å². The number of hydrogen-bond acceptors (Lipinski definition) is 5. The molecule has 150 valence electrons. The molecule has 0 aliphatic carbocycles. The van der Waals surface area contributed by atoms with Crippen molar-refractivity contribution in [1.82, 2.24) is 15.1 Å². The number of halogens is 1. The van der Waals surface area contributed by atoms with Crippen molar-refractivity contribution in [1.29, 1.82) is 0 Å². The van der Waals surface area contributed by atoms with Crippen LogP contribution in [0.5, 0.6) is 0 Å². The first-order chi connectivity index (χ1) is 12.7. The Bertz CT molecular complexity index is 652. The number of amides is 1. The van der Waals surface area contributed by atoms with Gasteiger partial charge in [0.25, 0.3) is 0 Å². The molecule has 7 heteroatoms. The second-order valence-electron chi connectivity index (χ2n) is 7.83. The number of piperazine rings is 1. The lowest BCUT2D eigenvalue weighted by atomic mass is 10.0. The molecule has 1 aliphatic rings. The third kappa shape index (κ3) is 6.59. The summed E-state index contributed by atoms with van der Waals surface area (Å²) < 4.78 is 19.4. The van der Waals surface area contributed by atoms with Crippen molar-refractivity contribution in [3.05, 3.63) is 35.6 Å². The Labute approximate surface area is 160 Å². The Balaban J connectivity index is 1.78. The van der Waals surface area contributed by atoms with Crippen molar-refractivity contribution in [2.45, 2.75) is 39.3 Å². The molecule has 0 radical (unpaired) electrons. The van der Waals surface area contributed by atoms with Gasteiger partial charge < -0.3 is 15.0 Å². The second kappa shape index (κ2) is 9.28. The van der Waals surface area contributed by atoms with E-state index in [2.05, 4.69) is 10.2 Å². The van der Waals surface area contributed by atoms with Crippen LogP contribution < -0.4 is 5.32 Å². The van der Waals surface area contributed by atoms with Crippen molar-refractivity contribution in [2.24, 2.45) is 0 Å². The van der Waals surface area contributed by atoms with Crippen molar-refractivity contribution < 1.29 is 18.7 Å². The van der Waals surface area contributed by atoms with Gasteiger partial charge in [0.1, 0.15) is 11.4 Å². The Morgan fingerprint density at radius 3 is 2.37 bits per heavy atom. The van der Waals surface area contributed by atoms with Gasteiger partial charge in [-0.2, -0.15) is 0 Å². The number of Topliss-reactive ketones (excluding diaryl/α,β-unsaturated/α-hetero) is 1. The van der Waals surface area contributed by atoms with Crippen LogP contribution in [0.2, 0.25) is 0 Å². The lowest BCUT2D eigenvalue weighted by Gasteiger charge is -2.35. The maximum absolute atomic E-state index is 14.0. The summed E-state index contributed by atoms with van der Waals surface area (Å²) in [6, 6.07) is 5.69. The fraction of sp³-hybridized carbons (Fsp3) is 0.600. The van der Waals surface area contributed by atoms with Gasteiger partial charge in [0.2, 0.25) is 0 Å². The zero-order valence-electron chi connectivity index (χ0n) is 16.6. The van der Waals surface area contributed by atoms with Crippen molar-refractivity contribution in [2.75, 3.05) is 39.3 Å². The third-order valence-corrected chi connectivity index (χ3v) is 4.42. The highest BCUT2D eigenvalue weighted by molar-refractivity contribution is 5.82. The highest BCUT2D eigenvalue weighted by Crippen LogP contribution is 2.17. The molecule has 0 saturated carbocycles. The molecule has 1 heterocycles. The molecule has 1 aromatic rings. The minimum atomic E-state index is -0.644. The van der Waals surface area contributed by atoms with E-state index >= 15 is 0 Å². The van der Waals surface area contributed by atoms with Crippen molar-refractivity contribution in [3.63, 3.8) is 0 Å². The van der Waals surface area contributed by atoms with Gasteiger partial charge in [0.15, 0.2) is 5.78 Å². The summed E-state index contributed by atoms with van der Waals surface area (Å²) in [5.41, 5.74) is -0.119. The highest BCUT2D eigenvalue weighted by atomic mass is 19.1. The SMILES string of the molecule is CC(=O)C(NCCN1CCN(C(=O)OC(C)(C)C)CC1)c1ccccc1F. The number of rotatable bonds is 6. The van der Waals surface area contributed by atoms with Gasteiger partial charge in [-0.3, -0.25) is 9.69 Å². The molecule has 0 bridgehead atoms. The Morgan fingerprint density at radius 2 is 1.81 bits per heavy atom. The zero-order valence-corrected chi connectivity index (χ0v) is 16.6. The van der Waals surface area contributed by atoms with Crippen molar-refractivity contribution in [3.8, 4) is 0 Å². The molecule has 1 amide bonds. The molecule has 1 unspecified atom stereocenters. The first-order valence-electron chi connectivity index (χ1n) is 9.36. The number of carbonyl (C=O) groups excluding carboxylic acids is 2. The fourth-order valence-corrected chi connectivity index (χ4v) is 3.03. The Morgan fingerprint density at radius 1 is 1.19 bits per heavy atom. The Hall–Kier alpha value is -1.99. The molecule has 1 saturated heterocycles. The molecular formula is C20H30FN3O3. The molecule has 1 aromatic carbocycles. The summed E-state index contributed by atoms with van der Waals surface area (Å²) in [5, 5.41) is 3.15. The number of nitrogens with zero attached hydrogens (tertiary/aromatic N) is 2. The van der Waals surface area contributed by atoms with Gasteiger partial charge in [-0.1, -0.05) is 18.2 Å². The molecule has 6 nitrogen and oxygen atoms in total. The minimum Gasteiger partial charge on any atom is -0.444 e. The summed E-state index contributed by atoms with van der Waals surface area (Å²) in [4.78, 5) is 27.9. The first kappa shape index (κ1) is 21.3. The highest BCUT2D eigenvalue weighted by Gasteiger charge is 2.26. The number of ether oxygens (including phenoxy) is 1. The van der Waals surface area contributed by atoms with Crippen LogP contribution in [0.15, 0.2) is 24.3 Å². The average molecular weight is 379 g/mol. The molecular weight excluding hydrogens is 349 g/mol. The molecule has 0 aromatic heterocycles. The van der Waals surface area contributed by atoms with E-state index in [-0.39, 0.29) is 17.7 Å². The van der Waals surface area contributed by atoms with E-state index < -0.39 is 11.6 Å². The summed E-state index contributed by atoms with van der Waals surface area (Å²) in [6.07, 6.45) is -0.281. The predicted octanol–water partition coefficient (Wildman–Crippen LogP) is 2.60. The van der Waals surface area contributed by atoms with Crippen LogP contribution in [0.25, 0.3) is 0 Å². The second-order valence-corrected chi connectivity index (χ2v) is 7.83. The molecule has 27 heavy (non-hydrogen) atoms. The number of hydrogen-bond donors (Lipinski definition) is 1. The van der Waals surface area contributed by atoms with E-state index in [0.29, 0.717) is 25.2 Å². The molecule has 1 fully saturated rings. The van der Waals surface area contributed by atoms with E-state index in [1.54, 1.807) is 23.1 Å². The number of ketones is 1. The lowest BCUT2D eigenvalue weighted by Crippen LogP contribution is -2.51. The standard InChI is InChI=1S/C20H30FN3O3/c1-15(25)18(16-7-5-6-8-17(16)21)22-9-10-23-11-13-24(14-12-23)19(26)27-20(2,3)4/h5-8,18,22H,9-14H2,1-4H3. The summed E-state index contributed by atoms with van der Waals surface area (Å²) in [5.74, 6) is -0.494. The lowest BCUT2D eigenvalue weighted by molar-refractivity contribution is -0.119. The largest absolute Gasteiger partial charge is 0.444 e. The van der Waals surface area contributed by atoms with Gasteiger partial charge in [-0.15, -0.1) is 0 Å². The zero-order chi connectivity index (χ0) is 20.0. The van der Waals surface area contributed by atoms with Crippen LogP contribution >= 0.6 is 0 Å². The van der Waals surface area contributed by atoms with E-state index in [0.717, 1.165) is 19.6 Å². The van der Waals surface area contributed by atoms with Crippen LogP contribution in [0, 0.1) is 5.82 Å². The summed E-state index contributed by atoms with van der Waals surface area (Å²) in [6.45, 7) is 11.0. The molecule has 1 N–H and O–H groups in total. The van der Waals surface area contributed by atoms with Gasteiger partial charge in [-0.05, 0) is 33.8 Å². The molecule has 0 spiro atoms. The maximum atomic E-state index is 14.0. The minimum absolute atomic E-state index is 0.116. The predicted molar refractivity (Wildman–Crippen MR) is 102 cm³/mol. The van der Waals surface area contributed by atoms with Crippen LogP contribution in [-0.4, -0.2) is 66.5 Å². The topological polar surface area (TPSA) is 61.9 Å². The quantitative estimate of drug-likeness (QED) is 0.823. The van der Waals surface area contributed by atoms with Gasteiger partial charge in [0.05, 0.1) is 6.04 Å². The van der Waals surface area contributed by atoms with Crippen LogP contribution in [0.1, 0.15) is 39.3 Å². The van der Waals surface area contributed by atoms with E-state index in [4.69, 9.17) is 4.74 Å². The average Bonchev–Trinajstić information content (AvgIpc) is 2.58. The smallest absolute Gasteiger partial charge is 0.410 e. The monoisotopic (exact) mass is 379 g/mol. The fourth-order valence-electron chi connectivity index (χ4n) is 3.03.